The first-order valence-corrected chi connectivity index (χ1v) is 5.34. The first kappa shape index (κ1) is 11.0. The van der Waals surface area contributed by atoms with E-state index in [9.17, 15) is 13.6 Å². The van der Waals surface area contributed by atoms with Gasteiger partial charge in [-0.25, -0.2) is 8.78 Å². The van der Waals surface area contributed by atoms with Gasteiger partial charge in [-0.2, -0.15) is 0 Å². The molecule has 16 heavy (non-hydrogen) atoms. The number of rotatable bonds is 3. The highest BCUT2D eigenvalue weighted by molar-refractivity contribution is 5.94. The normalized spacial score (nSPS) is 16.9. The summed E-state index contributed by atoms with van der Waals surface area (Å²) in [5, 5.41) is 2.62. The van der Waals surface area contributed by atoms with Crippen molar-refractivity contribution in [3.8, 4) is 0 Å². The summed E-state index contributed by atoms with van der Waals surface area (Å²) in [6, 6.07) is 3.39. The minimum atomic E-state index is -0.819. The van der Waals surface area contributed by atoms with Crippen molar-refractivity contribution in [1.82, 2.24) is 5.32 Å². The molecular formula is C12H13F2NO. The maximum absolute atomic E-state index is 13.3. The molecule has 0 radical (unpaired) electrons. The molecule has 0 bridgehead atoms. The molecule has 0 aromatic heterocycles. The van der Waals surface area contributed by atoms with Crippen molar-refractivity contribution in [3.63, 3.8) is 0 Å². The van der Waals surface area contributed by atoms with Gasteiger partial charge in [0.1, 0.15) is 17.2 Å². The highest BCUT2D eigenvalue weighted by atomic mass is 19.1. The van der Waals surface area contributed by atoms with Crippen LogP contribution in [-0.2, 0) is 0 Å². The van der Waals surface area contributed by atoms with Crippen molar-refractivity contribution < 1.29 is 13.6 Å². The second-order valence-corrected chi connectivity index (χ2v) is 4.20. The lowest BCUT2D eigenvalue weighted by atomic mass is 10.1. The number of carbonyl (C=O) groups excluding carboxylic acids is 1. The Morgan fingerprint density at radius 2 is 1.94 bits per heavy atom. The van der Waals surface area contributed by atoms with Crippen LogP contribution < -0.4 is 5.32 Å². The number of hydrogen-bond donors (Lipinski definition) is 1. The van der Waals surface area contributed by atoms with Crippen molar-refractivity contribution in [2.45, 2.75) is 25.8 Å². The fourth-order valence-electron chi connectivity index (χ4n) is 1.71. The van der Waals surface area contributed by atoms with Gasteiger partial charge in [0.25, 0.3) is 5.91 Å². The Labute approximate surface area is 92.7 Å². The van der Waals surface area contributed by atoms with E-state index in [0.29, 0.717) is 5.92 Å². The summed E-state index contributed by atoms with van der Waals surface area (Å²) < 4.78 is 26.5. The minimum absolute atomic E-state index is 0.0218. The molecule has 1 fully saturated rings. The van der Waals surface area contributed by atoms with Gasteiger partial charge in [-0.05, 0) is 37.8 Å². The molecule has 1 atom stereocenters. The van der Waals surface area contributed by atoms with E-state index in [1.54, 1.807) is 0 Å². The Hall–Kier alpha value is -1.45. The molecule has 1 N–H and O–H groups in total. The van der Waals surface area contributed by atoms with Gasteiger partial charge < -0.3 is 5.32 Å². The maximum atomic E-state index is 13.3. The standard InChI is InChI=1S/C12H13F2NO/c1-7(8-5-6-8)15-12(16)11-9(13)3-2-4-10(11)14/h2-4,7-8H,5-6H2,1H3,(H,15,16)/t7-/m1/s1. The highest BCUT2D eigenvalue weighted by Gasteiger charge is 2.30. The highest BCUT2D eigenvalue weighted by Crippen LogP contribution is 2.32. The maximum Gasteiger partial charge on any atom is 0.257 e. The van der Waals surface area contributed by atoms with E-state index in [-0.39, 0.29) is 6.04 Å². The van der Waals surface area contributed by atoms with E-state index >= 15 is 0 Å². The molecule has 1 amide bonds. The van der Waals surface area contributed by atoms with Gasteiger partial charge in [0.2, 0.25) is 0 Å². The monoisotopic (exact) mass is 225 g/mol. The van der Waals surface area contributed by atoms with Crippen molar-refractivity contribution in [2.75, 3.05) is 0 Å². The zero-order chi connectivity index (χ0) is 11.7. The molecule has 0 saturated heterocycles. The smallest absolute Gasteiger partial charge is 0.257 e. The van der Waals surface area contributed by atoms with Gasteiger partial charge in [-0.15, -0.1) is 0 Å². The molecular weight excluding hydrogens is 212 g/mol. The van der Waals surface area contributed by atoms with Crippen LogP contribution in [0.3, 0.4) is 0 Å². The second-order valence-electron chi connectivity index (χ2n) is 4.20. The predicted octanol–water partition coefficient (Wildman–Crippen LogP) is 2.49. The molecule has 0 heterocycles. The largest absolute Gasteiger partial charge is 0.349 e. The Balaban J connectivity index is 2.13. The molecule has 1 aliphatic rings. The summed E-state index contributed by atoms with van der Waals surface area (Å²) in [5.74, 6) is -1.85. The third-order valence-corrected chi connectivity index (χ3v) is 2.88. The molecule has 1 aromatic rings. The summed E-state index contributed by atoms with van der Waals surface area (Å²) in [7, 11) is 0. The Morgan fingerprint density at radius 3 is 2.44 bits per heavy atom. The average molecular weight is 225 g/mol. The summed E-state index contributed by atoms with van der Waals surface area (Å²) in [6.45, 7) is 1.86. The van der Waals surface area contributed by atoms with Gasteiger partial charge in [0.05, 0.1) is 0 Å². The average Bonchev–Trinajstić information content (AvgIpc) is 2.99. The van der Waals surface area contributed by atoms with Crippen LogP contribution in [0.25, 0.3) is 0 Å². The van der Waals surface area contributed by atoms with Crippen LogP contribution in [-0.4, -0.2) is 11.9 Å². The summed E-state index contributed by atoms with van der Waals surface area (Å²) in [5.41, 5.74) is -0.491. The molecule has 2 rings (SSSR count). The number of nitrogens with one attached hydrogen (secondary N) is 1. The summed E-state index contributed by atoms with van der Waals surface area (Å²) in [6.07, 6.45) is 2.14. The Kier molecular flexibility index (Phi) is 2.90. The van der Waals surface area contributed by atoms with Crippen LogP contribution in [0.15, 0.2) is 18.2 Å². The number of halogens is 2. The third-order valence-electron chi connectivity index (χ3n) is 2.88. The minimum Gasteiger partial charge on any atom is -0.349 e. The number of benzene rings is 1. The first-order valence-electron chi connectivity index (χ1n) is 5.34. The van der Waals surface area contributed by atoms with E-state index in [1.807, 2.05) is 6.92 Å². The number of amides is 1. The molecule has 86 valence electrons. The molecule has 1 aliphatic carbocycles. The van der Waals surface area contributed by atoms with Crippen molar-refractivity contribution in [2.24, 2.45) is 5.92 Å². The molecule has 0 unspecified atom stereocenters. The lowest BCUT2D eigenvalue weighted by molar-refractivity contribution is 0.0927. The van der Waals surface area contributed by atoms with Crippen LogP contribution in [0, 0.1) is 17.6 Å². The predicted molar refractivity (Wildman–Crippen MR) is 56.0 cm³/mol. The van der Waals surface area contributed by atoms with E-state index in [1.165, 1.54) is 6.07 Å². The fourth-order valence-corrected chi connectivity index (χ4v) is 1.71. The van der Waals surface area contributed by atoms with Crippen LogP contribution in [0.1, 0.15) is 30.1 Å². The van der Waals surface area contributed by atoms with Gasteiger partial charge in [0, 0.05) is 6.04 Å². The van der Waals surface area contributed by atoms with Gasteiger partial charge in [-0.3, -0.25) is 4.79 Å². The number of carbonyl (C=O) groups is 1. The molecule has 0 spiro atoms. The quantitative estimate of drug-likeness (QED) is 0.841. The van der Waals surface area contributed by atoms with E-state index < -0.39 is 23.1 Å². The Morgan fingerprint density at radius 1 is 1.38 bits per heavy atom. The fraction of sp³-hybridized carbons (Fsp3) is 0.417. The molecule has 1 saturated carbocycles. The van der Waals surface area contributed by atoms with Crippen molar-refractivity contribution in [3.05, 3.63) is 35.4 Å². The van der Waals surface area contributed by atoms with E-state index in [4.69, 9.17) is 0 Å². The SMILES string of the molecule is C[C@@H](NC(=O)c1c(F)cccc1F)C1CC1. The molecule has 2 nitrogen and oxygen atoms in total. The third kappa shape index (κ3) is 2.21. The van der Waals surface area contributed by atoms with Crippen LogP contribution in [0.2, 0.25) is 0 Å². The number of hydrogen-bond acceptors (Lipinski definition) is 1. The zero-order valence-corrected chi connectivity index (χ0v) is 8.97. The summed E-state index contributed by atoms with van der Waals surface area (Å²) >= 11 is 0. The zero-order valence-electron chi connectivity index (χ0n) is 8.97. The molecule has 4 heteroatoms. The van der Waals surface area contributed by atoms with Gasteiger partial charge >= 0.3 is 0 Å². The summed E-state index contributed by atoms with van der Waals surface area (Å²) in [4.78, 5) is 11.6. The van der Waals surface area contributed by atoms with Crippen molar-refractivity contribution >= 4 is 5.91 Å². The molecule has 1 aromatic carbocycles. The van der Waals surface area contributed by atoms with Gasteiger partial charge in [-0.1, -0.05) is 6.07 Å². The van der Waals surface area contributed by atoms with E-state index in [2.05, 4.69) is 5.32 Å². The van der Waals surface area contributed by atoms with E-state index in [0.717, 1.165) is 25.0 Å². The molecule has 0 aliphatic heterocycles. The van der Waals surface area contributed by atoms with Crippen molar-refractivity contribution in [1.29, 1.82) is 0 Å². The lowest BCUT2D eigenvalue weighted by Crippen LogP contribution is -2.35. The van der Waals surface area contributed by atoms with Crippen LogP contribution >= 0.6 is 0 Å². The topological polar surface area (TPSA) is 29.1 Å². The van der Waals surface area contributed by atoms with Crippen LogP contribution in [0.4, 0.5) is 8.78 Å². The second kappa shape index (κ2) is 4.20. The van der Waals surface area contributed by atoms with Gasteiger partial charge in [0.15, 0.2) is 0 Å². The lowest BCUT2D eigenvalue weighted by Gasteiger charge is -2.13. The Bertz CT molecular complexity index is 395. The first-order chi connectivity index (χ1) is 7.59. The van der Waals surface area contributed by atoms with Crippen LogP contribution in [0.5, 0.6) is 0 Å².